The summed E-state index contributed by atoms with van der Waals surface area (Å²) in [5.41, 5.74) is 3.24. The number of anilines is 1. The minimum Gasteiger partial charge on any atom is -0.379 e. The van der Waals surface area contributed by atoms with Crippen molar-refractivity contribution in [2.24, 2.45) is 0 Å². The van der Waals surface area contributed by atoms with Crippen LogP contribution in [0.4, 0.5) is 5.69 Å². The smallest absolute Gasteiger partial charge is 0.275 e. The molecule has 0 aliphatic carbocycles. The summed E-state index contributed by atoms with van der Waals surface area (Å²) in [5.74, 6) is -0.215. The van der Waals surface area contributed by atoms with Gasteiger partial charge < -0.3 is 10.1 Å². The quantitative estimate of drug-likeness (QED) is 0.666. The standard InChI is InChI=1S/C21H20ClN3O2S/c22-17-5-2-4-16(12-17)21-24-19(14-28-21)20(26)23-18-6-1-3-15(11-18)13-25-7-9-27-10-8-25/h1-6,11-12,14H,7-10,13H2,(H,23,26). The lowest BCUT2D eigenvalue weighted by Gasteiger charge is -2.26. The Morgan fingerprint density at radius 1 is 1.18 bits per heavy atom. The largest absolute Gasteiger partial charge is 0.379 e. The number of morpholine rings is 1. The van der Waals surface area contributed by atoms with Gasteiger partial charge in [0.05, 0.1) is 13.2 Å². The average Bonchev–Trinajstić information content (AvgIpc) is 3.20. The van der Waals surface area contributed by atoms with Gasteiger partial charge in [0.2, 0.25) is 0 Å². The number of benzene rings is 2. The second-order valence-electron chi connectivity index (χ2n) is 6.59. The summed E-state index contributed by atoms with van der Waals surface area (Å²) in [5, 5.41) is 6.14. The molecular weight excluding hydrogens is 394 g/mol. The van der Waals surface area contributed by atoms with Gasteiger partial charge in [-0.1, -0.05) is 35.9 Å². The molecule has 1 amide bonds. The first-order valence-corrected chi connectivity index (χ1v) is 10.3. The van der Waals surface area contributed by atoms with Crippen LogP contribution in [0.15, 0.2) is 53.9 Å². The fraction of sp³-hybridized carbons (Fsp3) is 0.238. The summed E-state index contributed by atoms with van der Waals surface area (Å²) in [7, 11) is 0. The Labute approximate surface area is 172 Å². The number of halogens is 1. The lowest BCUT2D eigenvalue weighted by atomic mass is 10.2. The van der Waals surface area contributed by atoms with E-state index < -0.39 is 0 Å². The van der Waals surface area contributed by atoms with E-state index in [0.29, 0.717) is 10.7 Å². The Morgan fingerprint density at radius 2 is 2.00 bits per heavy atom. The SMILES string of the molecule is O=C(Nc1cccc(CN2CCOCC2)c1)c1csc(-c2cccc(Cl)c2)n1. The molecule has 1 aromatic heterocycles. The summed E-state index contributed by atoms with van der Waals surface area (Å²) in [6.45, 7) is 4.26. The molecule has 1 N–H and O–H groups in total. The fourth-order valence-corrected chi connectivity index (χ4v) is 4.08. The van der Waals surface area contributed by atoms with Crippen LogP contribution in [0.5, 0.6) is 0 Å². The average molecular weight is 414 g/mol. The Balaban J connectivity index is 1.43. The highest BCUT2D eigenvalue weighted by atomic mass is 35.5. The molecule has 0 atom stereocenters. The highest BCUT2D eigenvalue weighted by Crippen LogP contribution is 2.26. The van der Waals surface area contributed by atoms with E-state index in [1.807, 2.05) is 42.5 Å². The molecule has 5 nitrogen and oxygen atoms in total. The molecule has 1 saturated heterocycles. The molecule has 1 aliphatic heterocycles. The summed E-state index contributed by atoms with van der Waals surface area (Å²) < 4.78 is 5.39. The van der Waals surface area contributed by atoms with Gasteiger partial charge in [0.1, 0.15) is 10.7 Å². The molecule has 1 aliphatic rings. The zero-order valence-electron chi connectivity index (χ0n) is 15.2. The van der Waals surface area contributed by atoms with E-state index in [0.717, 1.165) is 54.7 Å². The van der Waals surface area contributed by atoms with Gasteiger partial charge in [-0.25, -0.2) is 4.98 Å². The first-order chi connectivity index (χ1) is 13.7. The number of aromatic nitrogens is 1. The van der Waals surface area contributed by atoms with Crippen LogP contribution in [-0.2, 0) is 11.3 Å². The third-order valence-corrected chi connectivity index (χ3v) is 5.63. The van der Waals surface area contributed by atoms with E-state index in [2.05, 4.69) is 21.3 Å². The predicted octanol–water partition coefficient (Wildman–Crippen LogP) is 4.55. The molecule has 0 radical (unpaired) electrons. The Kier molecular flexibility index (Phi) is 6.02. The van der Waals surface area contributed by atoms with Crippen molar-refractivity contribution in [1.82, 2.24) is 9.88 Å². The lowest BCUT2D eigenvalue weighted by Crippen LogP contribution is -2.35. The van der Waals surface area contributed by atoms with Crippen molar-refractivity contribution in [2.45, 2.75) is 6.54 Å². The monoisotopic (exact) mass is 413 g/mol. The molecule has 2 heterocycles. The van der Waals surface area contributed by atoms with Crippen LogP contribution < -0.4 is 5.32 Å². The molecule has 0 saturated carbocycles. The van der Waals surface area contributed by atoms with E-state index in [1.165, 1.54) is 11.3 Å². The van der Waals surface area contributed by atoms with Crippen LogP contribution in [0, 0.1) is 0 Å². The van der Waals surface area contributed by atoms with Crippen molar-refractivity contribution >= 4 is 34.5 Å². The van der Waals surface area contributed by atoms with Crippen molar-refractivity contribution in [2.75, 3.05) is 31.6 Å². The zero-order chi connectivity index (χ0) is 19.3. The second-order valence-corrected chi connectivity index (χ2v) is 7.89. The zero-order valence-corrected chi connectivity index (χ0v) is 16.8. The molecule has 0 spiro atoms. The topological polar surface area (TPSA) is 54.5 Å². The van der Waals surface area contributed by atoms with Gasteiger partial charge in [-0.15, -0.1) is 11.3 Å². The molecular formula is C21H20ClN3O2S. The Bertz CT molecular complexity index is 970. The van der Waals surface area contributed by atoms with Crippen LogP contribution >= 0.6 is 22.9 Å². The van der Waals surface area contributed by atoms with E-state index in [-0.39, 0.29) is 5.91 Å². The summed E-state index contributed by atoms with van der Waals surface area (Å²) in [4.78, 5) is 19.4. The maximum Gasteiger partial charge on any atom is 0.275 e. The number of rotatable bonds is 5. The van der Waals surface area contributed by atoms with Crippen molar-refractivity contribution in [3.05, 3.63) is 70.2 Å². The fourth-order valence-electron chi connectivity index (χ4n) is 3.09. The number of nitrogens with one attached hydrogen (secondary N) is 1. The summed E-state index contributed by atoms with van der Waals surface area (Å²) in [6.07, 6.45) is 0. The van der Waals surface area contributed by atoms with Gasteiger partial charge in [0.15, 0.2) is 0 Å². The number of carbonyl (C=O) groups excluding carboxylic acids is 1. The molecule has 7 heteroatoms. The number of nitrogens with zero attached hydrogens (tertiary/aromatic N) is 2. The number of ether oxygens (including phenoxy) is 1. The van der Waals surface area contributed by atoms with Gasteiger partial charge >= 0.3 is 0 Å². The molecule has 28 heavy (non-hydrogen) atoms. The van der Waals surface area contributed by atoms with Gasteiger partial charge in [-0.05, 0) is 29.8 Å². The molecule has 3 aromatic rings. The van der Waals surface area contributed by atoms with Crippen LogP contribution in [0.3, 0.4) is 0 Å². The van der Waals surface area contributed by atoms with Crippen molar-refractivity contribution in [3.8, 4) is 10.6 Å². The molecule has 0 unspecified atom stereocenters. The third-order valence-electron chi connectivity index (χ3n) is 4.50. The predicted molar refractivity (Wildman–Crippen MR) is 113 cm³/mol. The van der Waals surface area contributed by atoms with E-state index in [1.54, 1.807) is 5.38 Å². The molecule has 4 rings (SSSR count). The van der Waals surface area contributed by atoms with Crippen LogP contribution in [-0.4, -0.2) is 42.1 Å². The van der Waals surface area contributed by atoms with Gasteiger partial charge in [0.25, 0.3) is 5.91 Å². The van der Waals surface area contributed by atoms with Crippen molar-refractivity contribution in [1.29, 1.82) is 0 Å². The Morgan fingerprint density at radius 3 is 2.82 bits per heavy atom. The van der Waals surface area contributed by atoms with E-state index >= 15 is 0 Å². The Hall–Kier alpha value is -2.25. The maximum atomic E-state index is 12.6. The minimum absolute atomic E-state index is 0.215. The van der Waals surface area contributed by atoms with Gasteiger partial charge in [-0.2, -0.15) is 0 Å². The third kappa shape index (κ3) is 4.77. The normalized spacial score (nSPS) is 14.8. The van der Waals surface area contributed by atoms with Crippen molar-refractivity contribution < 1.29 is 9.53 Å². The number of amides is 1. The van der Waals surface area contributed by atoms with Crippen LogP contribution in [0.2, 0.25) is 5.02 Å². The molecule has 1 fully saturated rings. The summed E-state index contributed by atoms with van der Waals surface area (Å²) >= 11 is 7.47. The van der Waals surface area contributed by atoms with Crippen LogP contribution in [0.1, 0.15) is 16.1 Å². The number of thiazole rings is 1. The van der Waals surface area contributed by atoms with Gasteiger partial charge in [0, 0.05) is 41.3 Å². The molecule has 0 bridgehead atoms. The lowest BCUT2D eigenvalue weighted by molar-refractivity contribution is 0.0342. The van der Waals surface area contributed by atoms with Crippen LogP contribution in [0.25, 0.3) is 10.6 Å². The minimum atomic E-state index is -0.215. The highest BCUT2D eigenvalue weighted by Gasteiger charge is 2.14. The second kappa shape index (κ2) is 8.84. The maximum absolute atomic E-state index is 12.6. The summed E-state index contributed by atoms with van der Waals surface area (Å²) in [6, 6.07) is 15.4. The van der Waals surface area contributed by atoms with Gasteiger partial charge in [-0.3, -0.25) is 9.69 Å². The van der Waals surface area contributed by atoms with E-state index in [4.69, 9.17) is 16.3 Å². The number of hydrogen-bond acceptors (Lipinski definition) is 5. The highest BCUT2D eigenvalue weighted by molar-refractivity contribution is 7.13. The van der Waals surface area contributed by atoms with E-state index in [9.17, 15) is 4.79 Å². The number of hydrogen-bond donors (Lipinski definition) is 1. The molecule has 2 aromatic carbocycles. The first-order valence-electron chi connectivity index (χ1n) is 9.09. The molecule has 144 valence electrons. The number of carbonyl (C=O) groups is 1. The van der Waals surface area contributed by atoms with Crippen molar-refractivity contribution in [3.63, 3.8) is 0 Å². The first kappa shape index (κ1) is 19.1.